The number of ether oxygens (including phenoxy) is 2. The Bertz CT molecular complexity index is 636. The molecule has 0 amide bonds. The summed E-state index contributed by atoms with van der Waals surface area (Å²) in [5.41, 5.74) is 3.42. The Labute approximate surface area is 125 Å². The van der Waals surface area contributed by atoms with E-state index in [9.17, 15) is 0 Å². The maximum absolute atomic E-state index is 5.89. The number of nitrogens with zero attached hydrogens (tertiary/aromatic N) is 1. The molecule has 1 aliphatic rings. The molecule has 2 aromatic rings. The van der Waals surface area contributed by atoms with Crippen molar-refractivity contribution in [1.82, 2.24) is 4.98 Å². The van der Waals surface area contributed by atoms with Gasteiger partial charge in [-0.1, -0.05) is 12.1 Å². The molecule has 4 nitrogen and oxygen atoms in total. The van der Waals surface area contributed by atoms with Gasteiger partial charge >= 0.3 is 0 Å². The van der Waals surface area contributed by atoms with Gasteiger partial charge in [-0.15, -0.1) is 0 Å². The van der Waals surface area contributed by atoms with Gasteiger partial charge in [-0.25, -0.2) is 4.98 Å². The summed E-state index contributed by atoms with van der Waals surface area (Å²) in [7, 11) is 1.61. The molecule has 0 unspecified atom stereocenters. The molecule has 110 valence electrons. The van der Waals surface area contributed by atoms with Gasteiger partial charge in [0.2, 0.25) is 5.88 Å². The number of aromatic nitrogens is 1. The molecule has 0 saturated carbocycles. The smallest absolute Gasteiger partial charge is 0.213 e. The number of hydrogen-bond donors (Lipinski definition) is 1. The molecular weight excluding hydrogens is 264 g/mol. The summed E-state index contributed by atoms with van der Waals surface area (Å²) in [6.45, 7) is 5.00. The number of hydrogen-bond acceptors (Lipinski definition) is 4. The first-order valence-electron chi connectivity index (χ1n) is 7.10. The third-order valence-electron chi connectivity index (χ3n) is 3.57. The van der Waals surface area contributed by atoms with Gasteiger partial charge in [0.15, 0.2) is 0 Å². The topological polar surface area (TPSA) is 43.4 Å². The molecular formula is C17H20N2O2. The largest absolute Gasteiger partial charge is 0.487 e. The summed E-state index contributed by atoms with van der Waals surface area (Å²) in [6.07, 6.45) is 2.73. The van der Waals surface area contributed by atoms with Gasteiger partial charge in [0.05, 0.1) is 19.0 Å². The first-order valence-corrected chi connectivity index (χ1v) is 7.10. The summed E-state index contributed by atoms with van der Waals surface area (Å²) in [6, 6.07) is 10.2. The molecule has 21 heavy (non-hydrogen) atoms. The van der Waals surface area contributed by atoms with Crippen molar-refractivity contribution in [2.45, 2.75) is 32.4 Å². The number of methoxy groups -OCH3 is 1. The molecule has 1 N–H and O–H groups in total. The van der Waals surface area contributed by atoms with E-state index in [0.717, 1.165) is 24.4 Å². The standard InChI is InChI=1S/C17H20N2O2/c1-17(2)9-13-8-12(4-6-15(13)21-17)10-18-14-5-7-16(20-3)19-11-14/h4-8,11,18H,9-10H2,1-3H3. The Kier molecular flexibility index (Phi) is 3.45. The fraction of sp³-hybridized carbons (Fsp3) is 0.353. The summed E-state index contributed by atoms with van der Waals surface area (Å²) in [4.78, 5) is 4.18. The number of rotatable bonds is 4. The number of nitrogens with one attached hydrogen (secondary N) is 1. The van der Waals surface area contributed by atoms with Crippen LogP contribution in [0.5, 0.6) is 11.6 Å². The van der Waals surface area contributed by atoms with E-state index in [1.165, 1.54) is 11.1 Å². The second kappa shape index (κ2) is 5.28. The highest BCUT2D eigenvalue weighted by molar-refractivity contribution is 5.45. The van der Waals surface area contributed by atoms with Crippen molar-refractivity contribution >= 4 is 5.69 Å². The van der Waals surface area contributed by atoms with Crippen LogP contribution < -0.4 is 14.8 Å². The SMILES string of the molecule is COc1ccc(NCc2ccc3c(c2)CC(C)(C)O3)cn1. The molecule has 0 atom stereocenters. The number of anilines is 1. The minimum absolute atomic E-state index is 0.0890. The zero-order chi connectivity index (χ0) is 14.9. The van der Waals surface area contributed by atoms with E-state index >= 15 is 0 Å². The van der Waals surface area contributed by atoms with Crippen molar-refractivity contribution < 1.29 is 9.47 Å². The predicted molar refractivity (Wildman–Crippen MR) is 83.0 cm³/mol. The summed E-state index contributed by atoms with van der Waals surface area (Å²) in [5.74, 6) is 1.63. The monoisotopic (exact) mass is 284 g/mol. The fourth-order valence-electron chi connectivity index (χ4n) is 2.58. The Morgan fingerprint density at radius 2 is 2.14 bits per heavy atom. The van der Waals surface area contributed by atoms with Crippen LogP contribution in [0.25, 0.3) is 0 Å². The quantitative estimate of drug-likeness (QED) is 0.934. The van der Waals surface area contributed by atoms with Crippen LogP contribution in [0.15, 0.2) is 36.5 Å². The fourth-order valence-corrected chi connectivity index (χ4v) is 2.58. The number of fused-ring (bicyclic) bond motifs is 1. The average molecular weight is 284 g/mol. The van der Waals surface area contributed by atoms with Crippen molar-refractivity contribution in [3.05, 3.63) is 47.7 Å². The van der Waals surface area contributed by atoms with Gasteiger partial charge in [-0.2, -0.15) is 0 Å². The van der Waals surface area contributed by atoms with E-state index in [0.29, 0.717) is 5.88 Å². The Hall–Kier alpha value is -2.23. The lowest BCUT2D eigenvalue weighted by Gasteiger charge is -2.16. The summed E-state index contributed by atoms with van der Waals surface area (Å²) in [5, 5.41) is 3.37. The molecule has 0 fully saturated rings. The molecule has 0 bridgehead atoms. The molecule has 1 aromatic heterocycles. The zero-order valence-corrected chi connectivity index (χ0v) is 12.6. The Morgan fingerprint density at radius 3 is 2.86 bits per heavy atom. The maximum atomic E-state index is 5.89. The van der Waals surface area contributed by atoms with Crippen LogP contribution in [0.3, 0.4) is 0 Å². The van der Waals surface area contributed by atoms with Crippen molar-refractivity contribution in [2.24, 2.45) is 0 Å². The highest BCUT2D eigenvalue weighted by Crippen LogP contribution is 2.35. The first-order chi connectivity index (χ1) is 10.1. The van der Waals surface area contributed by atoms with Crippen LogP contribution in [-0.2, 0) is 13.0 Å². The van der Waals surface area contributed by atoms with Gasteiger partial charge < -0.3 is 14.8 Å². The van der Waals surface area contributed by atoms with Crippen molar-refractivity contribution in [3.63, 3.8) is 0 Å². The number of pyridine rings is 1. The van der Waals surface area contributed by atoms with Gasteiger partial charge in [0.25, 0.3) is 0 Å². The predicted octanol–water partition coefficient (Wildman–Crippen LogP) is 3.42. The Morgan fingerprint density at radius 1 is 1.29 bits per heavy atom. The molecule has 1 aliphatic heterocycles. The highest BCUT2D eigenvalue weighted by Gasteiger charge is 2.29. The molecule has 0 radical (unpaired) electrons. The van der Waals surface area contributed by atoms with E-state index in [1.54, 1.807) is 13.3 Å². The van der Waals surface area contributed by atoms with Crippen molar-refractivity contribution in [1.29, 1.82) is 0 Å². The summed E-state index contributed by atoms with van der Waals surface area (Å²) < 4.78 is 10.9. The molecule has 0 spiro atoms. The van der Waals surface area contributed by atoms with E-state index in [4.69, 9.17) is 9.47 Å². The van der Waals surface area contributed by atoms with Crippen LogP contribution in [0, 0.1) is 0 Å². The minimum Gasteiger partial charge on any atom is -0.487 e. The van der Waals surface area contributed by atoms with E-state index < -0.39 is 0 Å². The average Bonchev–Trinajstić information content (AvgIpc) is 2.78. The van der Waals surface area contributed by atoms with Gasteiger partial charge in [0.1, 0.15) is 11.4 Å². The molecule has 0 aliphatic carbocycles. The lowest BCUT2D eigenvalue weighted by Crippen LogP contribution is -2.24. The molecule has 0 saturated heterocycles. The van der Waals surface area contributed by atoms with Gasteiger partial charge in [-0.05, 0) is 37.1 Å². The van der Waals surface area contributed by atoms with Crippen LogP contribution in [0.2, 0.25) is 0 Å². The molecule has 4 heteroatoms. The van der Waals surface area contributed by atoms with E-state index in [2.05, 4.69) is 42.3 Å². The van der Waals surface area contributed by atoms with Gasteiger partial charge in [-0.3, -0.25) is 0 Å². The molecule has 1 aromatic carbocycles. The van der Waals surface area contributed by atoms with Crippen LogP contribution in [-0.4, -0.2) is 17.7 Å². The van der Waals surface area contributed by atoms with Crippen LogP contribution in [0.4, 0.5) is 5.69 Å². The van der Waals surface area contributed by atoms with Crippen molar-refractivity contribution in [3.8, 4) is 11.6 Å². The first kappa shape index (κ1) is 13.7. The zero-order valence-electron chi connectivity index (χ0n) is 12.6. The van der Waals surface area contributed by atoms with Crippen molar-refractivity contribution in [2.75, 3.05) is 12.4 Å². The molecule has 3 rings (SSSR count). The third-order valence-corrected chi connectivity index (χ3v) is 3.57. The lowest BCUT2D eigenvalue weighted by atomic mass is 10.0. The second-order valence-electron chi connectivity index (χ2n) is 5.92. The van der Waals surface area contributed by atoms with E-state index in [-0.39, 0.29) is 5.60 Å². The van der Waals surface area contributed by atoms with Gasteiger partial charge in [0, 0.05) is 19.0 Å². The summed E-state index contributed by atoms with van der Waals surface area (Å²) >= 11 is 0. The van der Waals surface area contributed by atoms with Crippen LogP contribution in [0.1, 0.15) is 25.0 Å². The van der Waals surface area contributed by atoms with E-state index in [1.807, 2.05) is 12.1 Å². The second-order valence-corrected chi connectivity index (χ2v) is 5.92. The normalized spacial score (nSPS) is 15.2. The highest BCUT2D eigenvalue weighted by atomic mass is 16.5. The Balaban J connectivity index is 1.66. The third kappa shape index (κ3) is 3.10. The minimum atomic E-state index is -0.0890. The van der Waals surface area contributed by atoms with Crippen LogP contribution >= 0.6 is 0 Å². The maximum Gasteiger partial charge on any atom is 0.213 e. The molecule has 2 heterocycles. The lowest BCUT2D eigenvalue weighted by molar-refractivity contribution is 0.138. The number of benzene rings is 1.